The van der Waals surface area contributed by atoms with Crippen molar-refractivity contribution in [2.24, 2.45) is 0 Å². The largest absolute Gasteiger partial charge is 0.496 e. The van der Waals surface area contributed by atoms with Gasteiger partial charge in [-0.05, 0) is 66.0 Å². The quantitative estimate of drug-likeness (QED) is 0.155. The summed E-state index contributed by atoms with van der Waals surface area (Å²) in [4.78, 5) is 42.1. The van der Waals surface area contributed by atoms with E-state index in [1.807, 2.05) is 0 Å². The average molecular weight is 570 g/mol. The number of nitrogens with zero attached hydrogens (tertiary/aromatic N) is 1. The number of hydrogen-bond donors (Lipinski definition) is 0. The molecule has 2 aromatic carbocycles. The summed E-state index contributed by atoms with van der Waals surface area (Å²) < 4.78 is 22.2. The van der Waals surface area contributed by atoms with Gasteiger partial charge in [0, 0.05) is 41.9 Å². The fraction of sp³-hybridized carbons (Fsp3) is 0.382. The van der Waals surface area contributed by atoms with Crippen LogP contribution in [0.4, 0.5) is 5.69 Å². The summed E-state index contributed by atoms with van der Waals surface area (Å²) in [6.07, 6.45) is 3.48. The van der Waals surface area contributed by atoms with E-state index in [9.17, 15) is 14.4 Å². The highest BCUT2D eigenvalue weighted by molar-refractivity contribution is 6.12. The number of carbonyl (C=O) groups excluding carboxylic acids is 1. The number of fused-ring (bicyclic) bond motifs is 3. The van der Waals surface area contributed by atoms with Gasteiger partial charge in [-0.25, -0.2) is 9.59 Å². The highest BCUT2D eigenvalue weighted by Crippen LogP contribution is 2.51. The van der Waals surface area contributed by atoms with Crippen LogP contribution in [0.1, 0.15) is 74.5 Å². The van der Waals surface area contributed by atoms with Gasteiger partial charge >= 0.3 is 11.3 Å². The number of anilines is 1. The molecule has 0 bridgehead atoms. The van der Waals surface area contributed by atoms with Gasteiger partial charge < -0.3 is 23.2 Å². The molecule has 4 heterocycles. The normalized spacial score (nSPS) is 17.3. The topological polar surface area (TPSA) is 99.2 Å². The molecule has 218 valence electrons. The van der Waals surface area contributed by atoms with Crippen LogP contribution in [0.3, 0.4) is 0 Å². The van der Waals surface area contributed by atoms with E-state index in [0.717, 1.165) is 36.9 Å². The van der Waals surface area contributed by atoms with Gasteiger partial charge in [0.1, 0.15) is 28.2 Å². The number of allylic oxidation sites excluding steroid dienone is 1. The molecule has 2 aromatic heterocycles. The van der Waals surface area contributed by atoms with E-state index in [-0.39, 0.29) is 33.1 Å². The molecular formula is C34H35NO7. The van der Waals surface area contributed by atoms with Crippen LogP contribution < -0.4 is 25.6 Å². The Labute approximate surface area is 243 Å². The average Bonchev–Trinajstić information content (AvgIpc) is 2.94. The third-order valence-electron chi connectivity index (χ3n) is 8.98. The van der Waals surface area contributed by atoms with Gasteiger partial charge in [0.15, 0.2) is 5.78 Å². The lowest BCUT2D eigenvalue weighted by atomic mass is 9.69. The van der Waals surface area contributed by atoms with Crippen molar-refractivity contribution in [3.63, 3.8) is 0 Å². The Bertz CT molecular complexity index is 1940. The first-order chi connectivity index (χ1) is 19.8. The first-order valence-corrected chi connectivity index (χ1v) is 14.2. The molecule has 2 aliphatic rings. The summed E-state index contributed by atoms with van der Waals surface area (Å²) in [7, 11) is 2.98. The van der Waals surface area contributed by atoms with Crippen molar-refractivity contribution >= 4 is 39.5 Å². The highest BCUT2D eigenvalue weighted by Gasteiger charge is 2.42. The Hall–Kier alpha value is -4.33. The summed E-state index contributed by atoms with van der Waals surface area (Å²) in [5, 5.41) is 1.28. The van der Waals surface area contributed by atoms with E-state index in [1.54, 1.807) is 25.1 Å². The lowest BCUT2D eigenvalue weighted by Gasteiger charge is -2.48. The van der Waals surface area contributed by atoms with Gasteiger partial charge in [-0.2, -0.15) is 0 Å². The summed E-state index contributed by atoms with van der Waals surface area (Å²) in [6, 6.07) is 8.59. The molecule has 8 heteroatoms. The molecule has 4 aromatic rings. The maximum Gasteiger partial charge on any atom is 0.347 e. The number of rotatable bonds is 5. The molecule has 0 spiro atoms. The summed E-state index contributed by atoms with van der Waals surface area (Å²) >= 11 is 0. The lowest BCUT2D eigenvalue weighted by molar-refractivity contribution is 0.103. The van der Waals surface area contributed by atoms with Gasteiger partial charge in [0.05, 0.1) is 25.2 Å². The highest BCUT2D eigenvalue weighted by atomic mass is 16.5. The van der Waals surface area contributed by atoms with E-state index in [4.69, 9.17) is 18.3 Å². The second kappa shape index (κ2) is 9.61. The van der Waals surface area contributed by atoms with Crippen molar-refractivity contribution in [1.82, 2.24) is 0 Å². The predicted octanol–water partition coefficient (Wildman–Crippen LogP) is 6.37. The Kier molecular flexibility index (Phi) is 6.37. The van der Waals surface area contributed by atoms with Crippen LogP contribution in [0.2, 0.25) is 0 Å². The molecule has 8 nitrogen and oxygen atoms in total. The van der Waals surface area contributed by atoms with E-state index in [1.165, 1.54) is 37.6 Å². The minimum absolute atomic E-state index is 0.0323. The van der Waals surface area contributed by atoms with Crippen LogP contribution in [0.25, 0.3) is 28.0 Å². The van der Waals surface area contributed by atoms with Gasteiger partial charge in [-0.3, -0.25) is 4.79 Å². The molecule has 0 aliphatic carbocycles. The third kappa shape index (κ3) is 4.32. The zero-order chi connectivity index (χ0) is 30.1. The molecular weight excluding hydrogens is 534 g/mol. The van der Waals surface area contributed by atoms with Crippen molar-refractivity contribution in [2.75, 3.05) is 32.2 Å². The molecule has 0 saturated carbocycles. The second-order valence-electron chi connectivity index (χ2n) is 12.7. The van der Waals surface area contributed by atoms with Crippen molar-refractivity contribution in [1.29, 1.82) is 0 Å². The minimum Gasteiger partial charge on any atom is -0.496 e. The smallest absolute Gasteiger partial charge is 0.347 e. The third-order valence-corrected chi connectivity index (χ3v) is 8.98. The van der Waals surface area contributed by atoms with E-state index < -0.39 is 17.0 Å². The number of ether oxygens (including phenoxy) is 2. The van der Waals surface area contributed by atoms with Crippen molar-refractivity contribution in [3.8, 4) is 11.5 Å². The molecule has 0 saturated heterocycles. The van der Waals surface area contributed by atoms with Crippen LogP contribution in [0.5, 0.6) is 11.5 Å². The second-order valence-corrected chi connectivity index (χ2v) is 12.7. The fourth-order valence-corrected chi connectivity index (χ4v) is 6.39. The number of carbonyl (C=O) groups is 1. The van der Waals surface area contributed by atoms with Gasteiger partial charge in [0.2, 0.25) is 0 Å². The number of ketones is 1. The summed E-state index contributed by atoms with van der Waals surface area (Å²) in [6.45, 7) is 12.5. The molecule has 6 rings (SSSR count). The Morgan fingerprint density at radius 2 is 1.62 bits per heavy atom. The van der Waals surface area contributed by atoms with Crippen LogP contribution in [-0.4, -0.2) is 33.1 Å². The van der Waals surface area contributed by atoms with Gasteiger partial charge in [0.25, 0.3) is 0 Å². The van der Waals surface area contributed by atoms with Crippen molar-refractivity contribution in [2.45, 2.75) is 58.3 Å². The van der Waals surface area contributed by atoms with Gasteiger partial charge in [-0.15, -0.1) is 0 Å². The molecule has 0 amide bonds. The maximum absolute atomic E-state index is 13.5. The fourth-order valence-electron chi connectivity index (χ4n) is 6.39. The lowest BCUT2D eigenvalue weighted by Crippen LogP contribution is -2.44. The molecule has 0 fully saturated rings. The molecule has 0 unspecified atom stereocenters. The molecule has 0 radical (unpaired) electrons. The van der Waals surface area contributed by atoms with Crippen molar-refractivity contribution in [3.05, 3.63) is 79.0 Å². The number of hydrogen-bond acceptors (Lipinski definition) is 8. The van der Waals surface area contributed by atoms with E-state index in [0.29, 0.717) is 22.5 Å². The Balaban J connectivity index is 1.48. The maximum atomic E-state index is 13.5. The Morgan fingerprint density at radius 1 is 0.905 bits per heavy atom. The molecule has 42 heavy (non-hydrogen) atoms. The molecule has 2 aliphatic heterocycles. The monoisotopic (exact) mass is 569 g/mol. The number of methoxy groups -OCH3 is 2. The van der Waals surface area contributed by atoms with Gasteiger partial charge in [-0.1, -0.05) is 27.7 Å². The Morgan fingerprint density at radius 3 is 2.31 bits per heavy atom. The molecule has 0 N–H and O–H groups in total. The molecule has 0 atom stereocenters. The van der Waals surface area contributed by atoms with Crippen LogP contribution >= 0.6 is 0 Å². The number of Topliss-reactive ketones (excluding diaryl/α,β-unsaturated/α-hetero) is 1. The zero-order valence-electron chi connectivity index (χ0n) is 25.1. The van der Waals surface area contributed by atoms with E-state index >= 15 is 0 Å². The van der Waals surface area contributed by atoms with Crippen LogP contribution in [0, 0.1) is 0 Å². The first-order valence-electron chi connectivity index (χ1n) is 14.2. The minimum atomic E-state index is -0.791. The van der Waals surface area contributed by atoms with Crippen LogP contribution in [-0.2, 0) is 10.8 Å². The standard InChI is InChI=1S/C34H35NO7/c1-18(29(36)23-17-22-25(40-7)15-21(39-6)16-26(22)41-32(23)38)12-20-13-19-14-24-28-27(30(19)42-31(20)37)34(4,5)9-11-35(28)10-8-33(24,2)3/h12-17H,8-11H2,1-7H3/b18-12+. The predicted molar refractivity (Wildman–Crippen MR) is 164 cm³/mol. The van der Waals surface area contributed by atoms with E-state index in [2.05, 4.69) is 38.7 Å². The zero-order valence-corrected chi connectivity index (χ0v) is 25.1. The van der Waals surface area contributed by atoms with Crippen molar-refractivity contribution < 1.29 is 23.1 Å². The number of benzene rings is 2. The SMILES string of the molecule is COc1cc(OC)c2cc(C(=O)/C(C)=C/c3cc4cc5c6c(c4oc3=O)C(C)(C)CCN6CCC5(C)C)c(=O)oc2c1. The first kappa shape index (κ1) is 27.8. The summed E-state index contributed by atoms with van der Waals surface area (Å²) in [5.41, 5.74) is 3.13. The summed E-state index contributed by atoms with van der Waals surface area (Å²) in [5.74, 6) is 0.299. The van der Waals surface area contributed by atoms with Crippen LogP contribution in [0.15, 0.2) is 54.3 Å².